The molecule has 1 aromatic carbocycles. The van der Waals surface area contributed by atoms with E-state index in [2.05, 4.69) is 11.4 Å². The molecule has 0 aliphatic heterocycles. The topological polar surface area (TPSA) is 33.5 Å². The molecule has 21 heavy (non-hydrogen) atoms. The van der Waals surface area contributed by atoms with Crippen molar-refractivity contribution in [1.29, 1.82) is 0 Å². The van der Waals surface area contributed by atoms with Crippen LogP contribution in [0.25, 0.3) is 0 Å². The van der Waals surface area contributed by atoms with Crippen molar-refractivity contribution in [2.24, 2.45) is 0 Å². The van der Waals surface area contributed by atoms with Gasteiger partial charge in [0.2, 0.25) is 0 Å². The third-order valence-corrected chi connectivity index (χ3v) is 4.31. The summed E-state index contributed by atoms with van der Waals surface area (Å²) in [5.74, 6) is -0.548. The van der Waals surface area contributed by atoms with Crippen LogP contribution in [0.3, 0.4) is 0 Å². The Bertz CT molecular complexity index is 604. The lowest BCUT2D eigenvalue weighted by Crippen LogP contribution is -3.11. The van der Waals surface area contributed by atoms with Crippen molar-refractivity contribution >= 4 is 34.5 Å². The number of carbonyl (C=O) groups is 1. The third kappa shape index (κ3) is 4.81. The Morgan fingerprint density at radius 1 is 1.43 bits per heavy atom. The number of benzene rings is 1. The molecule has 0 saturated carbocycles. The van der Waals surface area contributed by atoms with E-state index in [-0.39, 0.29) is 10.9 Å². The first kappa shape index (κ1) is 15.9. The second kappa shape index (κ2) is 7.54. The molecule has 112 valence electrons. The maximum Gasteiger partial charge on any atom is 0.279 e. The quantitative estimate of drug-likeness (QED) is 0.840. The number of hydrogen-bond acceptors (Lipinski definition) is 2. The minimum Gasteiger partial charge on any atom is -0.323 e. The summed E-state index contributed by atoms with van der Waals surface area (Å²) in [7, 11) is 0. The van der Waals surface area contributed by atoms with Gasteiger partial charge in [-0.1, -0.05) is 17.7 Å². The van der Waals surface area contributed by atoms with Crippen molar-refractivity contribution < 1.29 is 14.1 Å². The minimum atomic E-state index is -0.420. The van der Waals surface area contributed by atoms with Crippen molar-refractivity contribution in [1.82, 2.24) is 0 Å². The van der Waals surface area contributed by atoms with Gasteiger partial charge in [-0.2, -0.15) is 0 Å². The highest BCUT2D eigenvalue weighted by Crippen LogP contribution is 2.22. The molecule has 3 nitrogen and oxygen atoms in total. The molecule has 0 aliphatic rings. The molecule has 2 N–H and O–H groups in total. The minimum absolute atomic E-state index is 0.128. The Kier molecular flexibility index (Phi) is 5.73. The molecule has 1 atom stereocenters. The smallest absolute Gasteiger partial charge is 0.279 e. The van der Waals surface area contributed by atoms with Crippen molar-refractivity contribution in [3.63, 3.8) is 0 Å². The first-order chi connectivity index (χ1) is 10.1. The summed E-state index contributed by atoms with van der Waals surface area (Å²) in [6.07, 6.45) is 0. The van der Waals surface area contributed by atoms with E-state index >= 15 is 0 Å². The molecule has 1 heterocycles. The Hall–Kier alpha value is -1.43. The van der Waals surface area contributed by atoms with Crippen LogP contribution < -0.4 is 10.2 Å². The van der Waals surface area contributed by atoms with Crippen molar-refractivity contribution in [2.75, 3.05) is 18.4 Å². The number of anilines is 1. The van der Waals surface area contributed by atoms with Crippen LogP contribution in [0.2, 0.25) is 5.02 Å². The van der Waals surface area contributed by atoms with Gasteiger partial charge < -0.3 is 10.2 Å². The number of likely N-dealkylation sites (N-methyl/N-ethyl adjacent to an activating group) is 1. The fourth-order valence-corrected chi connectivity index (χ4v) is 2.98. The standard InChI is InChI=1S/C15H16ClFN2OS/c1-2-19(9-12-4-3-7-21-12)10-15(20)18-14-6-5-11(17)8-13(14)16/h3-8H,2,9-10H2,1H3,(H,18,20)/p+1. The molecule has 0 saturated heterocycles. The fourth-order valence-electron chi connectivity index (χ4n) is 1.98. The largest absolute Gasteiger partial charge is 0.323 e. The molecule has 2 aromatic rings. The van der Waals surface area contributed by atoms with Gasteiger partial charge in [-0.3, -0.25) is 4.79 Å². The second-order valence-corrected chi connectivity index (χ2v) is 6.15. The van der Waals surface area contributed by atoms with Crippen LogP contribution in [-0.2, 0) is 11.3 Å². The molecule has 0 spiro atoms. The Balaban J connectivity index is 1.93. The molecule has 0 aliphatic carbocycles. The number of carbonyl (C=O) groups excluding carboxylic acids is 1. The van der Waals surface area contributed by atoms with Gasteiger partial charge in [-0.25, -0.2) is 4.39 Å². The number of quaternary nitrogens is 1. The van der Waals surface area contributed by atoms with Gasteiger partial charge in [0.15, 0.2) is 6.54 Å². The zero-order chi connectivity index (χ0) is 15.2. The van der Waals surface area contributed by atoms with E-state index in [4.69, 9.17) is 11.6 Å². The van der Waals surface area contributed by atoms with Crippen LogP contribution in [0.1, 0.15) is 11.8 Å². The van der Waals surface area contributed by atoms with Crippen LogP contribution in [-0.4, -0.2) is 19.0 Å². The lowest BCUT2D eigenvalue weighted by Gasteiger charge is -2.16. The van der Waals surface area contributed by atoms with E-state index in [1.807, 2.05) is 18.4 Å². The highest BCUT2D eigenvalue weighted by Gasteiger charge is 2.15. The SMILES string of the molecule is CC[NH+](CC(=O)Nc1ccc(F)cc1Cl)Cc1cccs1. The van der Waals surface area contributed by atoms with E-state index < -0.39 is 5.82 Å². The summed E-state index contributed by atoms with van der Waals surface area (Å²) >= 11 is 7.59. The predicted octanol–water partition coefficient (Wildman–Crippen LogP) is 2.58. The van der Waals surface area contributed by atoms with E-state index in [0.717, 1.165) is 18.0 Å². The van der Waals surface area contributed by atoms with Crippen LogP contribution in [0.5, 0.6) is 0 Å². The average Bonchev–Trinajstić information content (AvgIpc) is 2.94. The highest BCUT2D eigenvalue weighted by atomic mass is 35.5. The van der Waals surface area contributed by atoms with Gasteiger partial charge in [-0.05, 0) is 36.6 Å². The van der Waals surface area contributed by atoms with Crippen LogP contribution in [0, 0.1) is 5.82 Å². The normalized spacial score (nSPS) is 12.1. The first-order valence-electron chi connectivity index (χ1n) is 6.69. The number of rotatable bonds is 6. The highest BCUT2D eigenvalue weighted by molar-refractivity contribution is 7.09. The molecule has 1 amide bonds. The summed E-state index contributed by atoms with van der Waals surface area (Å²) in [6.45, 7) is 4.06. The number of amides is 1. The summed E-state index contributed by atoms with van der Waals surface area (Å²) in [5, 5.41) is 4.96. The Morgan fingerprint density at radius 2 is 2.24 bits per heavy atom. The first-order valence-corrected chi connectivity index (χ1v) is 7.95. The average molecular weight is 328 g/mol. The van der Waals surface area contributed by atoms with Crippen molar-refractivity contribution in [3.05, 3.63) is 51.4 Å². The van der Waals surface area contributed by atoms with Gasteiger partial charge in [0.05, 0.1) is 22.1 Å². The zero-order valence-electron chi connectivity index (χ0n) is 11.7. The van der Waals surface area contributed by atoms with E-state index in [1.54, 1.807) is 11.3 Å². The molecule has 2 rings (SSSR count). The predicted molar refractivity (Wildman–Crippen MR) is 84.4 cm³/mol. The van der Waals surface area contributed by atoms with E-state index in [9.17, 15) is 9.18 Å². The van der Waals surface area contributed by atoms with Gasteiger partial charge in [-0.15, -0.1) is 11.3 Å². The molecular formula is C15H17ClFN2OS+. The molecule has 0 radical (unpaired) electrons. The maximum absolute atomic E-state index is 13.0. The Labute approximate surface area is 132 Å². The number of hydrogen-bond donors (Lipinski definition) is 2. The molecular weight excluding hydrogens is 311 g/mol. The number of nitrogens with one attached hydrogen (secondary N) is 2. The van der Waals surface area contributed by atoms with Gasteiger partial charge in [0.25, 0.3) is 5.91 Å². The monoisotopic (exact) mass is 327 g/mol. The summed E-state index contributed by atoms with van der Waals surface area (Å²) in [4.78, 5) is 14.5. The van der Waals surface area contributed by atoms with Gasteiger partial charge in [0.1, 0.15) is 12.4 Å². The van der Waals surface area contributed by atoms with Crippen LogP contribution in [0.15, 0.2) is 35.7 Å². The second-order valence-electron chi connectivity index (χ2n) is 4.71. The van der Waals surface area contributed by atoms with Crippen LogP contribution >= 0.6 is 22.9 Å². The third-order valence-electron chi connectivity index (χ3n) is 3.12. The van der Waals surface area contributed by atoms with Crippen molar-refractivity contribution in [2.45, 2.75) is 13.5 Å². The summed E-state index contributed by atoms with van der Waals surface area (Å²) < 4.78 is 13.0. The fraction of sp³-hybridized carbons (Fsp3) is 0.267. The molecule has 1 unspecified atom stereocenters. The molecule has 1 aromatic heterocycles. The van der Waals surface area contributed by atoms with Gasteiger partial charge in [0, 0.05) is 0 Å². The molecule has 0 bridgehead atoms. The lowest BCUT2D eigenvalue weighted by molar-refractivity contribution is -0.903. The van der Waals surface area contributed by atoms with E-state index in [1.165, 1.54) is 23.1 Å². The van der Waals surface area contributed by atoms with Crippen LogP contribution in [0.4, 0.5) is 10.1 Å². The van der Waals surface area contributed by atoms with E-state index in [0.29, 0.717) is 12.2 Å². The maximum atomic E-state index is 13.0. The van der Waals surface area contributed by atoms with Crippen molar-refractivity contribution in [3.8, 4) is 0 Å². The van der Waals surface area contributed by atoms with Gasteiger partial charge >= 0.3 is 0 Å². The summed E-state index contributed by atoms with van der Waals surface area (Å²) in [6, 6.07) is 8.01. The summed E-state index contributed by atoms with van der Waals surface area (Å²) in [5.41, 5.74) is 0.439. The Morgan fingerprint density at radius 3 is 2.86 bits per heavy atom. The molecule has 0 fully saturated rings. The number of thiophene rings is 1. The zero-order valence-corrected chi connectivity index (χ0v) is 13.2. The molecule has 6 heteroatoms. The number of halogens is 2. The lowest BCUT2D eigenvalue weighted by atomic mass is 10.3.